The molecule has 1 aliphatic heterocycles. The van der Waals surface area contributed by atoms with E-state index < -0.39 is 33.5 Å². The fourth-order valence-corrected chi connectivity index (χ4v) is 2.24. The number of rotatable bonds is 3. The summed E-state index contributed by atoms with van der Waals surface area (Å²) in [7, 11) is -3.39. The summed E-state index contributed by atoms with van der Waals surface area (Å²) < 4.78 is 21.8. The van der Waals surface area contributed by atoms with E-state index in [1.54, 1.807) is 0 Å². The summed E-state index contributed by atoms with van der Waals surface area (Å²) in [4.78, 5) is 23.3. The number of aliphatic carboxylic acids is 1. The quantitative estimate of drug-likeness (QED) is 0.685. The number of nitrogens with zero attached hydrogens (tertiary/aromatic N) is 1. The molecule has 1 N–H and O–H groups in total. The van der Waals surface area contributed by atoms with Crippen molar-refractivity contribution in [3.8, 4) is 0 Å². The van der Waals surface area contributed by atoms with Crippen molar-refractivity contribution in [1.29, 1.82) is 0 Å². The minimum atomic E-state index is -3.39. The first-order valence-corrected chi connectivity index (χ1v) is 6.57. The van der Waals surface area contributed by atoms with Gasteiger partial charge in [0.25, 0.3) is 0 Å². The number of sulfone groups is 1. The Balaban J connectivity index is 2.71. The van der Waals surface area contributed by atoms with Crippen LogP contribution in [0.1, 0.15) is 12.8 Å². The summed E-state index contributed by atoms with van der Waals surface area (Å²) in [5, 5.41) is 8.79. The molecule has 1 aliphatic rings. The zero-order chi connectivity index (χ0) is 11.6. The van der Waals surface area contributed by atoms with Crippen molar-refractivity contribution >= 4 is 21.7 Å². The van der Waals surface area contributed by atoms with Crippen LogP contribution in [-0.4, -0.2) is 54.9 Å². The second-order valence-electron chi connectivity index (χ2n) is 3.65. The van der Waals surface area contributed by atoms with Crippen LogP contribution in [0.4, 0.5) is 0 Å². The molecule has 1 unspecified atom stereocenters. The van der Waals surface area contributed by atoms with Gasteiger partial charge in [-0.25, -0.2) is 13.2 Å². The molecule has 0 bridgehead atoms. The zero-order valence-corrected chi connectivity index (χ0v) is 9.16. The molecule has 0 aromatic carbocycles. The fourth-order valence-electron chi connectivity index (χ4n) is 1.63. The Bertz CT molecular complexity index is 374. The Hall–Kier alpha value is -1.11. The van der Waals surface area contributed by atoms with Crippen molar-refractivity contribution in [2.45, 2.75) is 18.9 Å². The largest absolute Gasteiger partial charge is 0.480 e. The van der Waals surface area contributed by atoms with Gasteiger partial charge in [0.05, 0.1) is 0 Å². The highest BCUT2D eigenvalue weighted by atomic mass is 32.2. The number of hydrogen-bond donors (Lipinski definition) is 1. The molecular formula is C8H13NO5S. The van der Waals surface area contributed by atoms with Crippen LogP contribution >= 0.6 is 0 Å². The monoisotopic (exact) mass is 235 g/mol. The number of carboxylic acid groups (broad SMARTS) is 1. The molecule has 0 aromatic heterocycles. The number of likely N-dealkylation sites (tertiary alicyclic amines) is 1. The van der Waals surface area contributed by atoms with Gasteiger partial charge in [-0.3, -0.25) is 4.79 Å². The van der Waals surface area contributed by atoms with Gasteiger partial charge in [-0.05, 0) is 12.8 Å². The molecule has 7 heteroatoms. The molecule has 0 aromatic rings. The van der Waals surface area contributed by atoms with Gasteiger partial charge in [-0.2, -0.15) is 0 Å². The Morgan fingerprint density at radius 3 is 2.53 bits per heavy atom. The first-order valence-electron chi connectivity index (χ1n) is 4.51. The molecule has 1 amide bonds. The van der Waals surface area contributed by atoms with Crippen molar-refractivity contribution in [1.82, 2.24) is 4.90 Å². The van der Waals surface area contributed by atoms with Gasteiger partial charge in [-0.15, -0.1) is 0 Å². The Labute approximate surface area is 87.8 Å². The lowest BCUT2D eigenvalue weighted by molar-refractivity contribution is -0.147. The molecule has 0 radical (unpaired) electrons. The average Bonchev–Trinajstić information content (AvgIpc) is 2.47. The zero-order valence-electron chi connectivity index (χ0n) is 8.34. The maximum atomic E-state index is 11.5. The molecule has 1 rings (SSSR count). The van der Waals surface area contributed by atoms with Crippen LogP contribution in [0.15, 0.2) is 0 Å². The van der Waals surface area contributed by atoms with E-state index in [1.807, 2.05) is 0 Å². The molecular weight excluding hydrogens is 222 g/mol. The Morgan fingerprint density at radius 2 is 2.07 bits per heavy atom. The van der Waals surface area contributed by atoms with E-state index in [2.05, 4.69) is 0 Å². The lowest BCUT2D eigenvalue weighted by Crippen LogP contribution is -2.43. The molecule has 1 atom stereocenters. The van der Waals surface area contributed by atoms with Crippen LogP contribution in [0.25, 0.3) is 0 Å². The van der Waals surface area contributed by atoms with E-state index >= 15 is 0 Å². The summed E-state index contributed by atoms with van der Waals surface area (Å²) in [5.74, 6) is -2.31. The number of amides is 1. The van der Waals surface area contributed by atoms with E-state index in [4.69, 9.17) is 5.11 Å². The van der Waals surface area contributed by atoms with Gasteiger partial charge in [0.15, 0.2) is 9.84 Å². The lowest BCUT2D eigenvalue weighted by Gasteiger charge is -2.20. The molecule has 0 aliphatic carbocycles. The van der Waals surface area contributed by atoms with Crippen molar-refractivity contribution in [2.24, 2.45) is 0 Å². The number of carbonyl (C=O) groups excluding carboxylic acids is 1. The van der Waals surface area contributed by atoms with Gasteiger partial charge in [0.2, 0.25) is 5.91 Å². The second kappa shape index (κ2) is 4.18. The van der Waals surface area contributed by atoms with E-state index in [0.29, 0.717) is 19.4 Å². The molecule has 15 heavy (non-hydrogen) atoms. The highest BCUT2D eigenvalue weighted by molar-refractivity contribution is 7.91. The maximum absolute atomic E-state index is 11.5. The third kappa shape index (κ3) is 3.19. The number of hydrogen-bond acceptors (Lipinski definition) is 4. The Morgan fingerprint density at radius 1 is 1.47 bits per heavy atom. The van der Waals surface area contributed by atoms with E-state index in [1.165, 1.54) is 0 Å². The normalized spacial score (nSPS) is 21.7. The first-order chi connectivity index (χ1) is 6.81. The van der Waals surface area contributed by atoms with E-state index in [0.717, 1.165) is 11.2 Å². The minimum Gasteiger partial charge on any atom is -0.480 e. The predicted octanol–water partition coefficient (Wildman–Crippen LogP) is -0.893. The predicted molar refractivity (Wildman–Crippen MR) is 52.1 cm³/mol. The summed E-state index contributed by atoms with van der Waals surface area (Å²) in [5.41, 5.74) is 0. The topological polar surface area (TPSA) is 91.8 Å². The highest BCUT2D eigenvalue weighted by Gasteiger charge is 2.34. The standard InChI is InChI=1S/C8H13NO5S/c1-15(13,14)5-7(10)9-4-2-3-6(9)8(11)12/h6H,2-5H2,1H3,(H,11,12). The average molecular weight is 235 g/mol. The molecule has 1 fully saturated rings. The van der Waals surface area contributed by atoms with E-state index in [-0.39, 0.29) is 0 Å². The van der Waals surface area contributed by atoms with E-state index in [9.17, 15) is 18.0 Å². The number of carbonyl (C=O) groups is 2. The van der Waals surface area contributed by atoms with Gasteiger partial charge in [0, 0.05) is 12.8 Å². The third-order valence-electron chi connectivity index (χ3n) is 2.24. The second-order valence-corrected chi connectivity index (χ2v) is 5.79. The van der Waals surface area contributed by atoms with Gasteiger partial charge < -0.3 is 10.0 Å². The molecule has 0 spiro atoms. The van der Waals surface area contributed by atoms with Crippen LogP contribution in [0.3, 0.4) is 0 Å². The summed E-state index contributed by atoms with van der Waals surface area (Å²) >= 11 is 0. The van der Waals surface area contributed by atoms with Crippen molar-refractivity contribution in [3.63, 3.8) is 0 Å². The van der Waals surface area contributed by atoms with Crippen LogP contribution in [0.5, 0.6) is 0 Å². The van der Waals surface area contributed by atoms with Crippen LogP contribution < -0.4 is 0 Å². The maximum Gasteiger partial charge on any atom is 0.326 e. The van der Waals surface area contributed by atoms with Crippen molar-refractivity contribution in [2.75, 3.05) is 18.6 Å². The molecule has 86 valence electrons. The highest BCUT2D eigenvalue weighted by Crippen LogP contribution is 2.17. The molecule has 0 saturated carbocycles. The summed E-state index contributed by atoms with van der Waals surface area (Å²) in [6.07, 6.45) is 1.95. The molecule has 6 nitrogen and oxygen atoms in total. The van der Waals surface area contributed by atoms with Gasteiger partial charge in [0.1, 0.15) is 11.8 Å². The fraction of sp³-hybridized carbons (Fsp3) is 0.750. The van der Waals surface area contributed by atoms with Crippen LogP contribution in [0.2, 0.25) is 0 Å². The number of carboxylic acids is 1. The van der Waals surface area contributed by atoms with Gasteiger partial charge in [-0.1, -0.05) is 0 Å². The smallest absolute Gasteiger partial charge is 0.326 e. The first kappa shape index (κ1) is 12.0. The van der Waals surface area contributed by atoms with Crippen molar-refractivity contribution < 1.29 is 23.1 Å². The van der Waals surface area contributed by atoms with Gasteiger partial charge >= 0.3 is 5.97 Å². The molecule has 1 saturated heterocycles. The van der Waals surface area contributed by atoms with Crippen LogP contribution in [-0.2, 0) is 19.4 Å². The Kier molecular flexibility index (Phi) is 3.33. The van der Waals surface area contributed by atoms with Crippen molar-refractivity contribution in [3.05, 3.63) is 0 Å². The summed E-state index contributed by atoms with van der Waals surface area (Å²) in [6, 6.07) is -0.862. The van der Waals surface area contributed by atoms with Crippen LogP contribution in [0, 0.1) is 0 Å². The minimum absolute atomic E-state index is 0.325. The summed E-state index contributed by atoms with van der Waals surface area (Å²) in [6.45, 7) is 0.325. The SMILES string of the molecule is CS(=O)(=O)CC(=O)N1CCCC1C(=O)O. The lowest BCUT2D eigenvalue weighted by atomic mass is 10.2. The molecule has 1 heterocycles. The third-order valence-corrected chi connectivity index (χ3v) is 3.02.